The molecule has 1 saturated carbocycles. The van der Waals surface area contributed by atoms with Crippen molar-refractivity contribution in [3.8, 4) is 11.1 Å². The van der Waals surface area contributed by atoms with Crippen LogP contribution in [0.15, 0.2) is 36.5 Å². The summed E-state index contributed by atoms with van der Waals surface area (Å²) in [6.45, 7) is 0.907. The third-order valence-electron chi connectivity index (χ3n) is 4.63. The van der Waals surface area contributed by atoms with Crippen molar-refractivity contribution < 1.29 is 9.90 Å². The van der Waals surface area contributed by atoms with Crippen LogP contribution in [0.25, 0.3) is 11.1 Å². The number of carboxylic acid groups (broad SMARTS) is 1. The molecule has 1 aliphatic rings. The molecule has 142 valence electrons. The van der Waals surface area contributed by atoms with Gasteiger partial charge >= 0.3 is 5.97 Å². The fourth-order valence-corrected chi connectivity index (χ4v) is 3.04. The molecule has 1 fully saturated rings. The first-order chi connectivity index (χ1) is 11.4. The summed E-state index contributed by atoms with van der Waals surface area (Å²) in [5.74, 6) is -0.943. The number of anilines is 1. The Bertz CT molecular complexity index is 765. The van der Waals surface area contributed by atoms with E-state index in [4.69, 9.17) is 16.7 Å². The van der Waals surface area contributed by atoms with Crippen molar-refractivity contribution in [2.75, 3.05) is 25.5 Å². The molecule has 0 bridgehead atoms. The Balaban J connectivity index is 0.00000169. The van der Waals surface area contributed by atoms with Gasteiger partial charge in [0, 0.05) is 24.7 Å². The molecular formula is C18H22Cl3N3O2. The van der Waals surface area contributed by atoms with Gasteiger partial charge in [-0.15, -0.1) is 24.8 Å². The zero-order valence-corrected chi connectivity index (χ0v) is 16.9. The Labute approximate surface area is 170 Å². The summed E-state index contributed by atoms with van der Waals surface area (Å²) >= 11 is 6.25. The average molecular weight is 419 g/mol. The summed E-state index contributed by atoms with van der Waals surface area (Å²) in [7, 11) is 4.04. The van der Waals surface area contributed by atoms with E-state index in [1.165, 1.54) is 12.8 Å². The number of carbonyl (C=O) groups is 1. The second-order valence-corrected chi connectivity index (χ2v) is 6.66. The minimum atomic E-state index is -0.943. The molecule has 1 aliphatic carbocycles. The number of carboxylic acids is 1. The van der Waals surface area contributed by atoms with E-state index in [-0.39, 0.29) is 35.9 Å². The molecule has 1 heterocycles. The monoisotopic (exact) mass is 417 g/mol. The molecule has 0 atom stereocenters. The first-order valence-electron chi connectivity index (χ1n) is 7.83. The van der Waals surface area contributed by atoms with Crippen LogP contribution in [-0.4, -0.2) is 42.2 Å². The van der Waals surface area contributed by atoms with E-state index in [1.807, 2.05) is 20.2 Å². The van der Waals surface area contributed by atoms with Gasteiger partial charge in [-0.3, -0.25) is 0 Å². The van der Waals surface area contributed by atoms with Crippen LogP contribution in [0, 0.1) is 0 Å². The number of likely N-dealkylation sites (N-methyl/N-ethyl adjacent to an activating group) is 2. The summed E-state index contributed by atoms with van der Waals surface area (Å²) in [5.41, 5.74) is 3.09. The standard InChI is InChI=1S/C18H20ClN3O2.2ClH/c1-20-18(7-8-18)11-22(2)14-9-15(16(19)21-10-14)12-3-5-13(6-4-12)17(23)24;;/h3-6,9-10,20H,7-8,11H2,1-2H3,(H,23,24);2*1H. The van der Waals surface area contributed by atoms with Crippen LogP contribution in [0.4, 0.5) is 5.69 Å². The van der Waals surface area contributed by atoms with Crippen LogP contribution in [-0.2, 0) is 0 Å². The second-order valence-electron chi connectivity index (χ2n) is 6.30. The number of halogens is 3. The second kappa shape index (κ2) is 8.91. The Morgan fingerprint density at radius 2 is 1.92 bits per heavy atom. The van der Waals surface area contributed by atoms with Crippen molar-refractivity contribution in [1.29, 1.82) is 0 Å². The predicted molar refractivity (Wildman–Crippen MR) is 110 cm³/mol. The van der Waals surface area contributed by atoms with Crippen LogP contribution >= 0.6 is 36.4 Å². The van der Waals surface area contributed by atoms with E-state index < -0.39 is 5.97 Å². The minimum absolute atomic E-state index is 0. The fourth-order valence-electron chi connectivity index (χ4n) is 2.82. The van der Waals surface area contributed by atoms with Gasteiger partial charge in [0.05, 0.1) is 17.4 Å². The van der Waals surface area contributed by atoms with Gasteiger partial charge in [0.15, 0.2) is 0 Å². The van der Waals surface area contributed by atoms with Gasteiger partial charge in [-0.1, -0.05) is 23.7 Å². The number of benzene rings is 1. The van der Waals surface area contributed by atoms with E-state index >= 15 is 0 Å². The third kappa shape index (κ3) is 4.80. The molecule has 1 aromatic carbocycles. The topological polar surface area (TPSA) is 65.5 Å². The zero-order valence-electron chi connectivity index (χ0n) is 14.5. The summed E-state index contributed by atoms with van der Waals surface area (Å²) < 4.78 is 0. The van der Waals surface area contributed by atoms with Crippen LogP contribution < -0.4 is 10.2 Å². The van der Waals surface area contributed by atoms with Crippen molar-refractivity contribution in [3.05, 3.63) is 47.2 Å². The van der Waals surface area contributed by atoms with Gasteiger partial charge in [0.1, 0.15) is 5.15 Å². The largest absolute Gasteiger partial charge is 0.478 e. The quantitative estimate of drug-likeness (QED) is 0.690. The maximum Gasteiger partial charge on any atom is 0.335 e. The van der Waals surface area contributed by atoms with E-state index in [1.54, 1.807) is 30.5 Å². The summed E-state index contributed by atoms with van der Waals surface area (Å²) in [5, 5.41) is 12.8. The molecule has 26 heavy (non-hydrogen) atoms. The number of nitrogens with zero attached hydrogens (tertiary/aromatic N) is 2. The minimum Gasteiger partial charge on any atom is -0.478 e. The number of rotatable bonds is 6. The molecule has 0 amide bonds. The van der Waals surface area contributed by atoms with Crippen LogP contribution in [0.5, 0.6) is 0 Å². The highest BCUT2D eigenvalue weighted by molar-refractivity contribution is 6.32. The van der Waals surface area contributed by atoms with Crippen LogP contribution in [0.2, 0.25) is 5.15 Å². The maximum atomic E-state index is 11.0. The average Bonchev–Trinajstić information content (AvgIpc) is 3.35. The summed E-state index contributed by atoms with van der Waals surface area (Å²) in [4.78, 5) is 17.4. The van der Waals surface area contributed by atoms with E-state index in [0.717, 1.165) is 23.4 Å². The number of hydrogen-bond acceptors (Lipinski definition) is 4. The molecule has 2 aromatic rings. The van der Waals surface area contributed by atoms with Gasteiger partial charge < -0.3 is 15.3 Å². The molecule has 0 aliphatic heterocycles. The van der Waals surface area contributed by atoms with Crippen molar-refractivity contribution in [2.45, 2.75) is 18.4 Å². The molecule has 0 spiro atoms. The Hall–Kier alpha value is -1.53. The van der Waals surface area contributed by atoms with Crippen molar-refractivity contribution >= 4 is 48.1 Å². The highest BCUT2D eigenvalue weighted by Crippen LogP contribution is 2.37. The van der Waals surface area contributed by atoms with E-state index in [0.29, 0.717) is 5.15 Å². The Morgan fingerprint density at radius 1 is 1.31 bits per heavy atom. The number of pyridine rings is 1. The third-order valence-corrected chi connectivity index (χ3v) is 4.93. The van der Waals surface area contributed by atoms with Gasteiger partial charge in [-0.05, 0) is 43.7 Å². The van der Waals surface area contributed by atoms with Gasteiger partial charge in [0.25, 0.3) is 0 Å². The number of aromatic nitrogens is 1. The maximum absolute atomic E-state index is 11.0. The van der Waals surface area contributed by atoms with Gasteiger partial charge in [-0.25, -0.2) is 9.78 Å². The lowest BCUT2D eigenvalue weighted by atomic mass is 10.0. The first kappa shape index (κ1) is 22.5. The molecule has 0 unspecified atom stereocenters. The van der Waals surface area contributed by atoms with E-state index in [9.17, 15) is 4.79 Å². The molecule has 2 N–H and O–H groups in total. The highest BCUT2D eigenvalue weighted by Gasteiger charge is 2.41. The van der Waals surface area contributed by atoms with Crippen molar-refractivity contribution in [3.63, 3.8) is 0 Å². The summed E-state index contributed by atoms with van der Waals surface area (Å²) in [6.07, 6.45) is 4.12. The number of nitrogens with one attached hydrogen (secondary N) is 1. The molecule has 1 aromatic heterocycles. The molecule has 0 saturated heterocycles. The molecule has 8 heteroatoms. The van der Waals surface area contributed by atoms with Crippen LogP contribution in [0.1, 0.15) is 23.2 Å². The SMILES string of the molecule is CNC1(CN(C)c2cnc(Cl)c(-c3ccc(C(=O)O)cc3)c2)CC1.Cl.Cl. The normalized spacial score (nSPS) is 14.0. The molecule has 5 nitrogen and oxygen atoms in total. The van der Waals surface area contributed by atoms with Gasteiger partial charge in [0.2, 0.25) is 0 Å². The lowest BCUT2D eigenvalue weighted by Gasteiger charge is -2.25. The molecular weight excluding hydrogens is 397 g/mol. The van der Waals surface area contributed by atoms with E-state index in [2.05, 4.69) is 15.2 Å². The zero-order chi connectivity index (χ0) is 17.3. The predicted octanol–water partition coefficient (Wildman–Crippen LogP) is 4.13. The number of aromatic carboxylic acids is 1. The Kier molecular flexibility index (Phi) is 7.71. The smallest absolute Gasteiger partial charge is 0.335 e. The highest BCUT2D eigenvalue weighted by atomic mass is 35.5. The lowest BCUT2D eigenvalue weighted by molar-refractivity contribution is 0.0697. The summed E-state index contributed by atoms with van der Waals surface area (Å²) in [6, 6.07) is 8.66. The Morgan fingerprint density at radius 3 is 2.42 bits per heavy atom. The lowest BCUT2D eigenvalue weighted by Crippen LogP contribution is -2.39. The first-order valence-corrected chi connectivity index (χ1v) is 8.21. The van der Waals surface area contributed by atoms with Gasteiger partial charge in [-0.2, -0.15) is 0 Å². The molecule has 3 rings (SSSR count). The van der Waals surface area contributed by atoms with Crippen molar-refractivity contribution in [2.24, 2.45) is 0 Å². The fraction of sp³-hybridized carbons (Fsp3) is 0.333. The number of hydrogen-bond donors (Lipinski definition) is 2. The van der Waals surface area contributed by atoms with Crippen LogP contribution in [0.3, 0.4) is 0 Å². The molecule has 0 radical (unpaired) electrons. The van der Waals surface area contributed by atoms with Crippen molar-refractivity contribution in [1.82, 2.24) is 10.3 Å².